The third kappa shape index (κ3) is 2.17. The highest BCUT2D eigenvalue weighted by Gasteiger charge is 2.70. The first-order chi connectivity index (χ1) is 10.4. The topological polar surface area (TPSA) is 64.4 Å². The standard InChI is InChI=1S/C18H26N2O2/c1-12-6-4-7-13(10-12)11-20-16(21)18(19)14-8-5-9-22-15(14)17(18,2)3/h4,6-7,10,14-15H,5,8-9,11,19H2,1-3H3,(H,20,21). The first-order valence-electron chi connectivity index (χ1n) is 8.11. The molecule has 4 nitrogen and oxygen atoms in total. The molecule has 3 N–H and O–H groups in total. The fraction of sp³-hybridized carbons (Fsp3) is 0.611. The molecule has 1 amide bonds. The number of aryl methyl sites for hydroxylation is 1. The van der Waals surface area contributed by atoms with E-state index >= 15 is 0 Å². The Balaban J connectivity index is 1.71. The zero-order chi connectivity index (χ0) is 16.0. The highest BCUT2D eigenvalue weighted by atomic mass is 16.5. The average molecular weight is 302 g/mol. The van der Waals surface area contributed by atoms with E-state index in [1.807, 2.05) is 26.0 Å². The molecule has 0 bridgehead atoms. The molecule has 1 aromatic rings. The third-order valence-corrected chi connectivity index (χ3v) is 5.60. The van der Waals surface area contributed by atoms with Gasteiger partial charge in [0.15, 0.2) is 0 Å². The van der Waals surface area contributed by atoms with Crippen LogP contribution in [0, 0.1) is 18.3 Å². The van der Waals surface area contributed by atoms with Crippen molar-refractivity contribution in [2.45, 2.75) is 51.8 Å². The summed E-state index contributed by atoms with van der Waals surface area (Å²) in [6, 6.07) is 8.17. The van der Waals surface area contributed by atoms with E-state index in [4.69, 9.17) is 10.5 Å². The number of carbonyl (C=O) groups is 1. The van der Waals surface area contributed by atoms with Crippen LogP contribution in [0.4, 0.5) is 0 Å². The van der Waals surface area contributed by atoms with E-state index < -0.39 is 5.54 Å². The summed E-state index contributed by atoms with van der Waals surface area (Å²) in [5, 5.41) is 3.04. The number of fused-ring (bicyclic) bond motifs is 1. The molecule has 22 heavy (non-hydrogen) atoms. The van der Waals surface area contributed by atoms with Gasteiger partial charge in [-0.15, -0.1) is 0 Å². The summed E-state index contributed by atoms with van der Waals surface area (Å²) in [6.07, 6.45) is 2.07. The number of ether oxygens (including phenoxy) is 1. The highest BCUT2D eigenvalue weighted by Crippen LogP contribution is 2.57. The molecule has 2 aliphatic rings. The first kappa shape index (κ1) is 15.5. The highest BCUT2D eigenvalue weighted by molar-refractivity contribution is 5.89. The summed E-state index contributed by atoms with van der Waals surface area (Å²) in [5.74, 6) is 0.0829. The Morgan fingerprint density at radius 1 is 1.45 bits per heavy atom. The molecule has 1 aromatic carbocycles. The van der Waals surface area contributed by atoms with E-state index in [0.29, 0.717) is 6.54 Å². The summed E-state index contributed by atoms with van der Waals surface area (Å²) in [5.41, 5.74) is 7.72. The van der Waals surface area contributed by atoms with Gasteiger partial charge in [-0.3, -0.25) is 4.79 Å². The van der Waals surface area contributed by atoms with Crippen LogP contribution in [0.5, 0.6) is 0 Å². The Hall–Kier alpha value is -1.39. The Bertz CT molecular complexity index is 584. The zero-order valence-electron chi connectivity index (χ0n) is 13.7. The molecule has 120 valence electrons. The minimum absolute atomic E-state index is 0.0502. The summed E-state index contributed by atoms with van der Waals surface area (Å²) in [7, 11) is 0. The van der Waals surface area contributed by atoms with Crippen molar-refractivity contribution in [2.24, 2.45) is 17.1 Å². The van der Waals surface area contributed by atoms with Gasteiger partial charge in [0.05, 0.1) is 6.10 Å². The van der Waals surface area contributed by atoms with E-state index in [1.165, 1.54) is 5.56 Å². The van der Waals surface area contributed by atoms with Crippen LogP contribution >= 0.6 is 0 Å². The van der Waals surface area contributed by atoms with Crippen molar-refractivity contribution in [3.05, 3.63) is 35.4 Å². The van der Waals surface area contributed by atoms with Gasteiger partial charge in [-0.2, -0.15) is 0 Å². The van der Waals surface area contributed by atoms with Gasteiger partial charge in [-0.05, 0) is 25.3 Å². The second kappa shape index (κ2) is 5.36. The van der Waals surface area contributed by atoms with Crippen molar-refractivity contribution >= 4 is 5.91 Å². The normalized spacial score (nSPS) is 32.7. The molecular formula is C18H26N2O2. The zero-order valence-corrected chi connectivity index (χ0v) is 13.7. The largest absolute Gasteiger partial charge is 0.377 e. The van der Waals surface area contributed by atoms with Crippen molar-refractivity contribution in [1.29, 1.82) is 0 Å². The van der Waals surface area contributed by atoms with E-state index in [-0.39, 0.29) is 23.3 Å². The monoisotopic (exact) mass is 302 g/mol. The van der Waals surface area contributed by atoms with Crippen molar-refractivity contribution in [1.82, 2.24) is 5.32 Å². The van der Waals surface area contributed by atoms with Gasteiger partial charge in [0.2, 0.25) is 5.91 Å². The van der Waals surface area contributed by atoms with Crippen molar-refractivity contribution in [2.75, 3.05) is 6.61 Å². The fourth-order valence-electron chi connectivity index (χ4n) is 4.19. The molecule has 3 unspecified atom stereocenters. The molecule has 0 radical (unpaired) electrons. The smallest absolute Gasteiger partial charge is 0.241 e. The van der Waals surface area contributed by atoms with Gasteiger partial charge in [-0.1, -0.05) is 43.7 Å². The second-order valence-electron chi connectivity index (χ2n) is 7.30. The van der Waals surface area contributed by atoms with Crippen LogP contribution in [0.25, 0.3) is 0 Å². The molecule has 0 spiro atoms. The molecule has 1 aliphatic heterocycles. The summed E-state index contributed by atoms with van der Waals surface area (Å²) in [6.45, 7) is 7.45. The summed E-state index contributed by atoms with van der Waals surface area (Å²) in [4.78, 5) is 12.8. The molecular weight excluding hydrogens is 276 g/mol. The number of nitrogens with two attached hydrogens (primary N) is 1. The maximum atomic E-state index is 12.8. The van der Waals surface area contributed by atoms with Crippen LogP contribution in [0.1, 0.15) is 37.8 Å². The predicted octanol–water partition coefficient (Wildman–Crippen LogP) is 2.14. The molecule has 1 saturated carbocycles. The molecule has 3 rings (SSSR count). The van der Waals surface area contributed by atoms with E-state index in [9.17, 15) is 4.79 Å². The molecule has 2 fully saturated rings. The van der Waals surface area contributed by atoms with E-state index in [0.717, 1.165) is 25.0 Å². The van der Waals surface area contributed by atoms with E-state index in [1.54, 1.807) is 0 Å². The van der Waals surface area contributed by atoms with Crippen LogP contribution in [0.3, 0.4) is 0 Å². The van der Waals surface area contributed by atoms with Gasteiger partial charge in [0.1, 0.15) is 5.54 Å². The molecule has 1 heterocycles. The average Bonchev–Trinajstić information content (AvgIpc) is 2.51. The quantitative estimate of drug-likeness (QED) is 0.899. The SMILES string of the molecule is Cc1cccc(CNC(=O)C2(N)C3CCCOC3C2(C)C)c1. The van der Waals surface area contributed by atoms with Crippen molar-refractivity contribution in [3.8, 4) is 0 Å². The number of amides is 1. The molecule has 1 aliphatic carbocycles. The van der Waals surface area contributed by atoms with E-state index in [2.05, 4.69) is 24.4 Å². The minimum Gasteiger partial charge on any atom is -0.377 e. The Kier molecular flexibility index (Phi) is 3.77. The lowest BCUT2D eigenvalue weighted by Crippen LogP contribution is -2.82. The lowest BCUT2D eigenvalue weighted by atomic mass is 9.46. The van der Waals surface area contributed by atoms with Gasteiger partial charge < -0.3 is 15.8 Å². The Morgan fingerprint density at radius 3 is 2.95 bits per heavy atom. The number of nitrogens with one attached hydrogen (secondary N) is 1. The lowest BCUT2D eigenvalue weighted by molar-refractivity contribution is -0.225. The summed E-state index contributed by atoms with van der Waals surface area (Å²) >= 11 is 0. The fourth-order valence-corrected chi connectivity index (χ4v) is 4.19. The van der Waals surface area contributed by atoms with Crippen LogP contribution in [-0.4, -0.2) is 24.2 Å². The first-order valence-corrected chi connectivity index (χ1v) is 8.11. The Labute approximate surface area is 132 Å². The maximum Gasteiger partial charge on any atom is 0.241 e. The minimum atomic E-state index is -0.831. The third-order valence-electron chi connectivity index (χ3n) is 5.60. The van der Waals surface area contributed by atoms with Crippen molar-refractivity contribution < 1.29 is 9.53 Å². The predicted molar refractivity (Wildman–Crippen MR) is 86.2 cm³/mol. The van der Waals surface area contributed by atoms with Gasteiger partial charge >= 0.3 is 0 Å². The second-order valence-corrected chi connectivity index (χ2v) is 7.30. The summed E-state index contributed by atoms with van der Waals surface area (Å²) < 4.78 is 5.86. The van der Waals surface area contributed by atoms with Crippen molar-refractivity contribution in [3.63, 3.8) is 0 Å². The number of rotatable bonds is 3. The van der Waals surface area contributed by atoms with Crippen LogP contribution < -0.4 is 11.1 Å². The number of carbonyl (C=O) groups excluding carboxylic acids is 1. The number of hydrogen-bond donors (Lipinski definition) is 2. The molecule has 1 saturated heterocycles. The van der Waals surface area contributed by atoms with Crippen LogP contribution in [-0.2, 0) is 16.1 Å². The van der Waals surface area contributed by atoms with Crippen LogP contribution in [0.2, 0.25) is 0 Å². The maximum absolute atomic E-state index is 12.8. The molecule has 0 aromatic heterocycles. The van der Waals surface area contributed by atoms with Crippen LogP contribution in [0.15, 0.2) is 24.3 Å². The number of hydrogen-bond acceptors (Lipinski definition) is 3. The van der Waals surface area contributed by atoms with Gasteiger partial charge in [-0.25, -0.2) is 0 Å². The Morgan fingerprint density at radius 2 is 2.23 bits per heavy atom. The lowest BCUT2D eigenvalue weighted by Gasteiger charge is -2.65. The molecule has 3 atom stereocenters. The number of benzene rings is 1. The van der Waals surface area contributed by atoms with Gasteiger partial charge in [0, 0.05) is 24.5 Å². The molecule has 4 heteroatoms. The van der Waals surface area contributed by atoms with Gasteiger partial charge in [0.25, 0.3) is 0 Å².